The van der Waals surface area contributed by atoms with Gasteiger partial charge in [-0.3, -0.25) is 9.78 Å². The van der Waals surface area contributed by atoms with Crippen LogP contribution in [-0.4, -0.2) is 40.2 Å². The Hall–Kier alpha value is -2.84. The van der Waals surface area contributed by atoms with E-state index >= 15 is 0 Å². The monoisotopic (exact) mass is 493 g/mol. The molecule has 0 spiro atoms. The average molecular weight is 494 g/mol. The molecule has 0 bridgehead atoms. The van der Waals surface area contributed by atoms with E-state index in [4.69, 9.17) is 32.7 Å². The van der Waals surface area contributed by atoms with Crippen molar-refractivity contribution in [3.05, 3.63) is 50.8 Å². The lowest BCUT2D eigenvalue weighted by molar-refractivity contribution is 0.0523. The van der Waals surface area contributed by atoms with Crippen molar-refractivity contribution in [3.8, 4) is 11.1 Å². The summed E-state index contributed by atoms with van der Waals surface area (Å²) >= 11 is 12.6. The van der Waals surface area contributed by atoms with Gasteiger partial charge in [-0.2, -0.15) is 0 Å². The third-order valence-corrected chi connectivity index (χ3v) is 5.39. The number of carbonyl (C=O) groups is 3. The van der Waals surface area contributed by atoms with E-state index in [0.717, 1.165) is 4.90 Å². The number of carbonyl (C=O) groups excluding carboxylic acids is 3. The van der Waals surface area contributed by atoms with Crippen LogP contribution in [0.3, 0.4) is 0 Å². The number of alkyl carbamates (subject to hydrolysis) is 1. The van der Waals surface area contributed by atoms with E-state index in [9.17, 15) is 14.4 Å². The van der Waals surface area contributed by atoms with Gasteiger partial charge in [0.2, 0.25) is 0 Å². The van der Waals surface area contributed by atoms with E-state index in [-0.39, 0.29) is 25.3 Å². The maximum absolute atomic E-state index is 13.3. The van der Waals surface area contributed by atoms with Crippen LogP contribution in [0.2, 0.25) is 10.0 Å². The molecule has 0 aliphatic carbocycles. The summed E-state index contributed by atoms with van der Waals surface area (Å²) in [7, 11) is 0. The Balaban J connectivity index is 2.12. The van der Waals surface area contributed by atoms with Gasteiger partial charge in [-0.15, -0.1) is 0 Å². The molecule has 10 heteroatoms. The topological polar surface area (TPSA) is 97.8 Å². The third kappa shape index (κ3) is 5.39. The molecule has 0 saturated carbocycles. The molecule has 0 unspecified atom stereocenters. The molecule has 3 amide bonds. The zero-order valence-electron chi connectivity index (χ0n) is 19.0. The number of amides is 3. The number of ether oxygens (including phenoxy) is 2. The number of halogens is 2. The molecule has 33 heavy (non-hydrogen) atoms. The van der Waals surface area contributed by atoms with Crippen LogP contribution in [0.4, 0.5) is 9.59 Å². The molecule has 1 N–H and O–H groups in total. The zero-order valence-corrected chi connectivity index (χ0v) is 20.6. The van der Waals surface area contributed by atoms with Crippen molar-refractivity contribution in [1.82, 2.24) is 15.2 Å². The first-order chi connectivity index (χ1) is 15.4. The van der Waals surface area contributed by atoms with E-state index in [1.165, 1.54) is 0 Å². The van der Waals surface area contributed by atoms with E-state index in [0.29, 0.717) is 38.1 Å². The predicted octanol–water partition coefficient (Wildman–Crippen LogP) is 5.50. The van der Waals surface area contributed by atoms with Gasteiger partial charge in [0, 0.05) is 39.0 Å². The van der Waals surface area contributed by atoms with Crippen LogP contribution in [0, 0.1) is 6.92 Å². The third-order valence-electron chi connectivity index (χ3n) is 4.84. The Labute approximate surface area is 202 Å². The number of benzene rings is 1. The highest BCUT2D eigenvalue weighted by Gasteiger charge is 2.38. The van der Waals surface area contributed by atoms with Crippen molar-refractivity contribution in [2.45, 2.75) is 53.3 Å². The first kappa shape index (κ1) is 24.8. The van der Waals surface area contributed by atoms with Crippen molar-refractivity contribution in [2.24, 2.45) is 0 Å². The van der Waals surface area contributed by atoms with E-state index in [2.05, 4.69) is 10.3 Å². The van der Waals surface area contributed by atoms with Gasteiger partial charge in [0.05, 0.1) is 24.4 Å². The molecule has 1 aromatic heterocycles. The molecule has 0 saturated heterocycles. The summed E-state index contributed by atoms with van der Waals surface area (Å²) < 4.78 is 10.3. The fourth-order valence-electron chi connectivity index (χ4n) is 3.53. The molecule has 2 heterocycles. The molecule has 0 radical (unpaired) electrons. The van der Waals surface area contributed by atoms with Crippen molar-refractivity contribution in [2.75, 3.05) is 6.61 Å². The fraction of sp³-hybridized carbons (Fsp3) is 0.391. The number of nitrogens with zero attached hydrogens (tertiary/aromatic N) is 2. The summed E-state index contributed by atoms with van der Waals surface area (Å²) in [5.41, 5.74) is 2.14. The molecule has 8 nitrogen and oxygen atoms in total. The number of hydrogen-bond acceptors (Lipinski definition) is 6. The summed E-state index contributed by atoms with van der Waals surface area (Å²) in [5.74, 6) is -0.546. The molecule has 2 aromatic rings. The Morgan fingerprint density at radius 2 is 1.91 bits per heavy atom. The number of imide groups is 1. The minimum atomic E-state index is -0.750. The second-order valence-electron chi connectivity index (χ2n) is 8.44. The van der Waals surface area contributed by atoms with Gasteiger partial charge >= 0.3 is 12.2 Å². The smallest absolute Gasteiger partial charge is 0.417 e. The average Bonchev–Trinajstić information content (AvgIpc) is 3.01. The van der Waals surface area contributed by atoms with Crippen LogP contribution in [0.1, 0.15) is 55.0 Å². The van der Waals surface area contributed by atoms with Gasteiger partial charge in [0.15, 0.2) is 0 Å². The highest BCUT2D eigenvalue weighted by molar-refractivity contribution is 6.36. The number of aryl methyl sites for hydroxylation is 1. The minimum Gasteiger partial charge on any atom is -0.449 e. The van der Waals surface area contributed by atoms with Crippen LogP contribution in [-0.2, 0) is 22.6 Å². The van der Waals surface area contributed by atoms with Crippen molar-refractivity contribution < 1.29 is 23.9 Å². The van der Waals surface area contributed by atoms with Crippen LogP contribution in [0.25, 0.3) is 11.1 Å². The maximum Gasteiger partial charge on any atom is 0.417 e. The van der Waals surface area contributed by atoms with Gasteiger partial charge in [-0.05, 0) is 46.8 Å². The lowest BCUT2D eigenvalue weighted by atomic mass is 9.93. The van der Waals surface area contributed by atoms with Gasteiger partial charge in [0.1, 0.15) is 5.60 Å². The number of hydrogen-bond donors (Lipinski definition) is 1. The standard InChI is InChI=1S/C23H25Cl2N3O5/c1-6-32-22(31)28-11-17-19(20(28)29)18(14-8-7-13(24)9-16(14)25)15(12(2)27-17)10-26-21(30)33-23(3,4)5/h7-9H,6,10-11H2,1-5H3,(H,26,30). The van der Waals surface area contributed by atoms with Crippen LogP contribution < -0.4 is 5.32 Å². The van der Waals surface area contributed by atoms with E-state index in [1.54, 1.807) is 52.8 Å². The Bertz CT molecular complexity index is 1130. The number of nitrogens with one attached hydrogen (secondary N) is 1. The molecule has 1 aliphatic rings. The van der Waals surface area contributed by atoms with Crippen molar-refractivity contribution >= 4 is 41.3 Å². The zero-order chi connectivity index (χ0) is 24.5. The molecule has 1 aromatic carbocycles. The second-order valence-corrected chi connectivity index (χ2v) is 9.29. The SMILES string of the molecule is CCOC(=O)N1Cc2nc(C)c(CNC(=O)OC(C)(C)C)c(-c3ccc(Cl)cc3Cl)c2C1=O. The normalized spacial score (nSPS) is 13.1. The maximum atomic E-state index is 13.3. The van der Waals surface area contributed by atoms with Crippen molar-refractivity contribution in [1.29, 1.82) is 0 Å². The lowest BCUT2D eigenvalue weighted by Crippen LogP contribution is -2.33. The van der Waals surface area contributed by atoms with Crippen molar-refractivity contribution in [3.63, 3.8) is 0 Å². The molecule has 176 valence electrons. The van der Waals surface area contributed by atoms with Gasteiger partial charge < -0.3 is 14.8 Å². The summed E-state index contributed by atoms with van der Waals surface area (Å²) in [6.45, 7) is 8.84. The Kier molecular flexibility index (Phi) is 7.19. The van der Waals surface area contributed by atoms with E-state index < -0.39 is 23.7 Å². The highest BCUT2D eigenvalue weighted by Crippen LogP contribution is 2.40. The Morgan fingerprint density at radius 1 is 1.21 bits per heavy atom. The summed E-state index contributed by atoms with van der Waals surface area (Å²) in [6, 6.07) is 4.91. The minimum absolute atomic E-state index is 0.0220. The number of pyridine rings is 1. The summed E-state index contributed by atoms with van der Waals surface area (Å²) in [6.07, 6.45) is -1.37. The molecular formula is C23H25Cl2N3O5. The van der Waals surface area contributed by atoms with Gasteiger partial charge in [-0.25, -0.2) is 14.5 Å². The first-order valence-corrected chi connectivity index (χ1v) is 11.1. The second kappa shape index (κ2) is 9.57. The van der Waals surface area contributed by atoms with E-state index in [1.807, 2.05) is 0 Å². The highest BCUT2D eigenvalue weighted by atomic mass is 35.5. The summed E-state index contributed by atoms with van der Waals surface area (Å²) in [4.78, 5) is 43.4. The van der Waals surface area contributed by atoms with Gasteiger partial charge in [-0.1, -0.05) is 29.3 Å². The molecule has 3 rings (SSSR count). The molecule has 0 fully saturated rings. The number of aromatic nitrogens is 1. The summed E-state index contributed by atoms with van der Waals surface area (Å²) in [5, 5.41) is 3.46. The first-order valence-electron chi connectivity index (χ1n) is 10.4. The fourth-order valence-corrected chi connectivity index (χ4v) is 4.04. The van der Waals surface area contributed by atoms with Gasteiger partial charge in [0.25, 0.3) is 5.91 Å². The molecule has 0 atom stereocenters. The van der Waals surface area contributed by atoms with Crippen LogP contribution >= 0.6 is 23.2 Å². The largest absolute Gasteiger partial charge is 0.449 e. The lowest BCUT2D eigenvalue weighted by Gasteiger charge is -2.21. The quantitative estimate of drug-likeness (QED) is 0.603. The number of rotatable bonds is 4. The number of fused-ring (bicyclic) bond motifs is 1. The molecule has 1 aliphatic heterocycles. The van der Waals surface area contributed by atoms with Crippen LogP contribution in [0.15, 0.2) is 18.2 Å². The predicted molar refractivity (Wildman–Crippen MR) is 124 cm³/mol. The Morgan fingerprint density at radius 3 is 2.52 bits per heavy atom. The van der Waals surface area contributed by atoms with Crippen LogP contribution in [0.5, 0.6) is 0 Å². The molecular weight excluding hydrogens is 469 g/mol.